The molecule has 1 heterocycles. The van der Waals surface area contributed by atoms with Crippen molar-refractivity contribution in [2.45, 2.75) is 12.8 Å². The van der Waals surface area contributed by atoms with Crippen LogP contribution >= 0.6 is 12.2 Å². The van der Waals surface area contributed by atoms with Crippen LogP contribution in [0, 0.1) is 0 Å². The van der Waals surface area contributed by atoms with Crippen molar-refractivity contribution in [1.82, 2.24) is 5.32 Å². The number of amides is 1. The Hall–Kier alpha value is -2.80. The van der Waals surface area contributed by atoms with Gasteiger partial charge in [-0.15, -0.1) is 0 Å². The molecule has 1 aliphatic rings. The second-order valence-corrected chi connectivity index (χ2v) is 6.63. The highest BCUT2D eigenvalue weighted by Gasteiger charge is 2.17. The SMILES string of the molecule is COc1cc(OC)cc(C(=O)NC(=S)Nc2ccccc2N2CCCC2)c1. The predicted molar refractivity (Wildman–Crippen MR) is 111 cm³/mol. The highest BCUT2D eigenvalue weighted by atomic mass is 32.1. The molecule has 2 N–H and O–H groups in total. The fourth-order valence-electron chi connectivity index (χ4n) is 3.08. The van der Waals surface area contributed by atoms with Gasteiger partial charge < -0.3 is 19.7 Å². The lowest BCUT2D eigenvalue weighted by Crippen LogP contribution is -2.34. The molecular weight excluding hydrogens is 362 g/mol. The molecule has 142 valence electrons. The van der Waals surface area contributed by atoms with Gasteiger partial charge in [0.2, 0.25) is 0 Å². The largest absolute Gasteiger partial charge is 0.497 e. The number of anilines is 2. The Morgan fingerprint density at radius 1 is 1.04 bits per heavy atom. The molecule has 0 atom stereocenters. The number of rotatable bonds is 5. The van der Waals surface area contributed by atoms with Crippen LogP contribution in [0.3, 0.4) is 0 Å². The molecule has 1 amide bonds. The van der Waals surface area contributed by atoms with Gasteiger partial charge in [-0.1, -0.05) is 12.1 Å². The monoisotopic (exact) mass is 385 g/mol. The lowest BCUT2D eigenvalue weighted by Gasteiger charge is -2.22. The van der Waals surface area contributed by atoms with E-state index in [4.69, 9.17) is 21.7 Å². The van der Waals surface area contributed by atoms with Crippen LogP contribution in [-0.2, 0) is 0 Å². The third kappa shape index (κ3) is 4.68. The number of para-hydroxylation sites is 2. The van der Waals surface area contributed by atoms with Gasteiger partial charge in [0.1, 0.15) is 11.5 Å². The van der Waals surface area contributed by atoms with Crippen molar-refractivity contribution in [1.29, 1.82) is 0 Å². The normalized spacial score (nSPS) is 13.2. The number of carbonyl (C=O) groups excluding carboxylic acids is 1. The molecule has 0 aromatic heterocycles. The summed E-state index contributed by atoms with van der Waals surface area (Å²) < 4.78 is 10.4. The molecule has 7 heteroatoms. The summed E-state index contributed by atoms with van der Waals surface area (Å²) in [6.07, 6.45) is 2.38. The van der Waals surface area contributed by atoms with Crippen molar-refractivity contribution in [2.24, 2.45) is 0 Å². The van der Waals surface area contributed by atoms with Crippen LogP contribution in [0.25, 0.3) is 0 Å². The fourth-order valence-corrected chi connectivity index (χ4v) is 3.28. The Labute approximate surface area is 164 Å². The third-order valence-electron chi connectivity index (χ3n) is 4.44. The minimum atomic E-state index is -0.330. The number of ether oxygens (including phenoxy) is 2. The minimum absolute atomic E-state index is 0.244. The average molecular weight is 385 g/mol. The Morgan fingerprint density at radius 3 is 2.30 bits per heavy atom. The van der Waals surface area contributed by atoms with Crippen molar-refractivity contribution in [2.75, 3.05) is 37.5 Å². The van der Waals surface area contributed by atoms with E-state index in [0.29, 0.717) is 17.1 Å². The number of thiocarbonyl (C=S) groups is 1. The summed E-state index contributed by atoms with van der Waals surface area (Å²) in [5.41, 5.74) is 2.38. The van der Waals surface area contributed by atoms with Gasteiger partial charge in [-0.05, 0) is 49.3 Å². The molecule has 27 heavy (non-hydrogen) atoms. The molecule has 0 bridgehead atoms. The van der Waals surface area contributed by atoms with E-state index in [2.05, 4.69) is 21.6 Å². The van der Waals surface area contributed by atoms with E-state index in [-0.39, 0.29) is 11.0 Å². The van der Waals surface area contributed by atoms with E-state index < -0.39 is 0 Å². The zero-order valence-corrected chi connectivity index (χ0v) is 16.3. The minimum Gasteiger partial charge on any atom is -0.497 e. The van der Waals surface area contributed by atoms with E-state index in [1.54, 1.807) is 18.2 Å². The maximum Gasteiger partial charge on any atom is 0.257 e. The number of nitrogens with one attached hydrogen (secondary N) is 2. The second-order valence-electron chi connectivity index (χ2n) is 6.22. The first-order valence-corrected chi connectivity index (χ1v) is 9.21. The van der Waals surface area contributed by atoms with Gasteiger partial charge in [-0.2, -0.15) is 0 Å². The van der Waals surface area contributed by atoms with Crippen LogP contribution in [0.5, 0.6) is 11.5 Å². The van der Waals surface area contributed by atoms with Crippen LogP contribution in [0.2, 0.25) is 0 Å². The van der Waals surface area contributed by atoms with E-state index in [1.165, 1.54) is 27.1 Å². The smallest absolute Gasteiger partial charge is 0.257 e. The molecule has 1 aliphatic heterocycles. The van der Waals surface area contributed by atoms with Crippen LogP contribution in [0.15, 0.2) is 42.5 Å². The molecule has 1 fully saturated rings. The number of carbonyl (C=O) groups is 1. The second kappa shape index (κ2) is 8.73. The van der Waals surface area contributed by atoms with Crippen LogP contribution < -0.4 is 25.0 Å². The summed E-state index contributed by atoms with van der Waals surface area (Å²) in [6, 6.07) is 12.9. The zero-order valence-electron chi connectivity index (χ0n) is 15.5. The molecular formula is C20H23N3O3S. The number of benzene rings is 2. The van der Waals surface area contributed by atoms with Gasteiger partial charge in [-0.3, -0.25) is 10.1 Å². The first kappa shape index (κ1) is 19.0. The van der Waals surface area contributed by atoms with E-state index >= 15 is 0 Å². The van der Waals surface area contributed by atoms with Crippen LogP contribution in [0.4, 0.5) is 11.4 Å². The summed E-state index contributed by atoms with van der Waals surface area (Å²) in [5.74, 6) is 0.749. The topological polar surface area (TPSA) is 62.8 Å². The molecule has 0 radical (unpaired) electrons. The van der Waals surface area contributed by atoms with Crippen molar-refractivity contribution in [3.8, 4) is 11.5 Å². The number of nitrogens with zero attached hydrogens (tertiary/aromatic N) is 1. The summed E-state index contributed by atoms with van der Waals surface area (Å²) >= 11 is 5.34. The first-order valence-electron chi connectivity index (χ1n) is 8.80. The van der Waals surface area contributed by atoms with Crippen molar-refractivity contribution in [3.05, 3.63) is 48.0 Å². The van der Waals surface area contributed by atoms with Crippen molar-refractivity contribution >= 4 is 34.6 Å². The number of hydrogen-bond acceptors (Lipinski definition) is 5. The Bertz CT molecular complexity index is 813. The summed E-state index contributed by atoms with van der Waals surface area (Å²) in [6.45, 7) is 2.06. The molecule has 1 saturated heterocycles. The molecule has 0 unspecified atom stereocenters. The first-order chi connectivity index (χ1) is 13.1. The summed E-state index contributed by atoms with van der Waals surface area (Å²) in [5, 5.41) is 6.10. The average Bonchev–Trinajstić information content (AvgIpc) is 3.22. The van der Waals surface area contributed by atoms with E-state index in [1.807, 2.05) is 18.2 Å². The Balaban J connectivity index is 1.70. The maximum absolute atomic E-state index is 12.6. The predicted octanol–water partition coefficient (Wildman–Crippen LogP) is 3.43. The van der Waals surface area contributed by atoms with E-state index in [9.17, 15) is 4.79 Å². The zero-order chi connectivity index (χ0) is 19.2. The van der Waals surface area contributed by atoms with Gasteiger partial charge in [0, 0.05) is 24.7 Å². The van der Waals surface area contributed by atoms with Crippen LogP contribution in [0.1, 0.15) is 23.2 Å². The molecule has 0 aliphatic carbocycles. The number of hydrogen-bond donors (Lipinski definition) is 2. The summed E-state index contributed by atoms with van der Waals surface area (Å²) in [7, 11) is 3.08. The number of methoxy groups -OCH3 is 2. The van der Waals surface area contributed by atoms with E-state index in [0.717, 1.165) is 24.5 Å². The van der Waals surface area contributed by atoms with Gasteiger partial charge in [0.15, 0.2) is 5.11 Å². The molecule has 6 nitrogen and oxygen atoms in total. The fraction of sp³-hybridized carbons (Fsp3) is 0.300. The highest BCUT2D eigenvalue weighted by molar-refractivity contribution is 7.80. The van der Waals surface area contributed by atoms with Crippen LogP contribution in [-0.4, -0.2) is 38.3 Å². The standard InChI is InChI=1S/C20H23N3O3S/c1-25-15-11-14(12-16(13-15)26-2)19(24)22-20(27)21-17-7-3-4-8-18(17)23-9-5-6-10-23/h3-4,7-8,11-13H,5-6,9-10H2,1-2H3,(H2,21,22,24,27). The lowest BCUT2D eigenvalue weighted by atomic mass is 10.2. The van der Waals surface area contributed by atoms with Gasteiger partial charge in [0.05, 0.1) is 25.6 Å². The highest BCUT2D eigenvalue weighted by Crippen LogP contribution is 2.28. The van der Waals surface area contributed by atoms with Crippen molar-refractivity contribution in [3.63, 3.8) is 0 Å². The quantitative estimate of drug-likeness (QED) is 0.769. The van der Waals surface area contributed by atoms with Crippen molar-refractivity contribution < 1.29 is 14.3 Å². The van der Waals surface area contributed by atoms with Gasteiger partial charge in [0.25, 0.3) is 5.91 Å². The molecule has 2 aromatic rings. The Kier molecular flexibility index (Phi) is 6.13. The Morgan fingerprint density at radius 2 is 1.67 bits per heavy atom. The third-order valence-corrected chi connectivity index (χ3v) is 4.64. The lowest BCUT2D eigenvalue weighted by molar-refractivity contribution is 0.0977. The molecule has 0 saturated carbocycles. The molecule has 3 rings (SSSR count). The van der Waals surface area contributed by atoms with Gasteiger partial charge >= 0.3 is 0 Å². The van der Waals surface area contributed by atoms with Gasteiger partial charge in [-0.25, -0.2) is 0 Å². The summed E-state index contributed by atoms with van der Waals surface area (Å²) in [4.78, 5) is 14.9. The maximum atomic E-state index is 12.6. The molecule has 2 aromatic carbocycles. The molecule has 0 spiro atoms.